The molecule has 0 aliphatic rings. The largest absolute Gasteiger partial charge is 0.491 e. The Bertz CT molecular complexity index is 699. The molecule has 1 heterocycles. The number of pyridine rings is 1. The van der Waals surface area contributed by atoms with Gasteiger partial charge in [0.15, 0.2) is 5.96 Å². The lowest BCUT2D eigenvalue weighted by Gasteiger charge is -2.11. The second-order valence-corrected chi connectivity index (χ2v) is 6.19. The van der Waals surface area contributed by atoms with Crippen LogP contribution in [-0.2, 0) is 6.54 Å². The van der Waals surface area contributed by atoms with Crippen LogP contribution in [0.15, 0.2) is 47.6 Å². The first-order valence-electron chi connectivity index (χ1n) is 8.99. The third kappa shape index (κ3) is 6.63. The van der Waals surface area contributed by atoms with Gasteiger partial charge in [-0.2, -0.15) is 0 Å². The van der Waals surface area contributed by atoms with Crippen LogP contribution in [0, 0.1) is 0 Å². The number of nitrogens with two attached hydrogens (primary N) is 1. The molecule has 1 aromatic carbocycles. The zero-order valence-corrected chi connectivity index (χ0v) is 15.7. The first-order valence-corrected chi connectivity index (χ1v) is 8.99. The summed E-state index contributed by atoms with van der Waals surface area (Å²) in [6.45, 7) is 7.18. The van der Waals surface area contributed by atoms with Crippen LogP contribution in [0.5, 0.6) is 11.6 Å². The predicted molar refractivity (Wildman–Crippen MR) is 106 cm³/mol. The van der Waals surface area contributed by atoms with Gasteiger partial charge in [0.2, 0.25) is 5.88 Å². The summed E-state index contributed by atoms with van der Waals surface area (Å²) in [5.74, 6) is 1.78. The number of benzene rings is 1. The van der Waals surface area contributed by atoms with Crippen molar-refractivity contribution in [1.29, 1.82) is 0 Å². The molecule has 0 aliphatic carbocycles. The Balaban J connectivity index is 1.94. The molecule has 2 aromatic rings. The highest BCUT2D eigenvalue weighted by molar-refractivity contribution is 5.92. The number of guanidine groups is 1. The Morgan fingerprint density at radius 3 is 2.69 bits per heavy atom. The number of hydrogen-bond acceptors (Lipinski definition) is 4. The van der Waals surface area contributed by atoms with Crippen molar-refractivity contribution in [2.24, 2.45) is 10.7 Å². The zero-order chi connectivity index (χ0) is 18.8. The van der Waals surface area contributed by atoms with Crippen LogP contribution in [0.2, 0.25) is 0 Å². The number of anilines is 1. The summed E-state index contributed by atoms with van der Waals surface area (Å²) in [5.41, 5.74) is 7.76. The quantitative estimate of drug-likeness (QED) is 0.403. The van der Waals surface area contributed by atoms with Crippen LogP contribution in [0.4, 0.5) is 5.69 Å². The number of rotatable bonds is 9. The van der Waals surface area contributed by atoms with Gasteiger partial charge in [0.25, 0.3) is 0 Å². The van der Waals surface area contributed by atoms with Crippen molar-refractivity contribution in [1.82, 2.24) is 4.98 Å². The Labute approximate surface area is 155 Å². The molecule has 0 atom stereocenters. The van der Waals surface area contributed by atoms with E-state index in [-0.39, 0.29) is 6.10 Å². The lowest BCUT2D eigenvalue weighted by atomic mass is 10.2. The molecular weight excluding hydrogens is 328 g/mol. The lowest BCUT2D eigenvalue weighted by molar-refractivity contribution is 0.242. The van der Waals surface area contributed by atoms with Crippen molar-refractivity contribution < 1.29 is 9.47 Å². The summed E-state index contributed by atoms with van der Waals surface area (Å²) in [7, 11) is 0. The second kappa shape index (κ2) is 10.3. The molecule has 0 saturated heterocycles. The Hall–Kier alpha value is -2.76. The van der Waals surface area contributed by atoms with Crippen LogP contribution < -0.4 is 20.5 Å². The van der Waals surface area contributed by atoms with Gasteiger partial charge in [-0.25, -0.2) is 9.98 Å². The van der Waals surface area contributed by atoms with Crippen molar-refractivity contribution in [3.05, 3.63) is 48.2 Å². The summed E-state index contributed by atoms with van der Waals surface area (Å²) in [6, 6.07) is 11.4. The Morgan fingerprint density at radius 2 is 2.00 bits per heavy atom. The first kappa shape index (κ1) is 19.6. The molecule has 26 heavy (non-hydrogen) atoms. The molecule has 0 bridgehead atoms. The third-order valence-corrected chi connectivity index (χ3v) is 3.50. The minimum absolute atomic E-state index is 0.147. The molecule has 0 spiro atoms. The number of aliphatic imine (C=N–C) groups is 1. The highest BCUT2D eigenvalue weighted by Crippen LogP contribution is 2.18. The summed E-state index contributed by atoms with van der Waals surface area (Å²) in [4.78, 5) is 8.66. The molecule has 140 valence electrons. The number of nitrogens with zero attached hydrogens (tertiary/aromatic N) is 2. The molecule has 1 aromatic heterocycles. The summed E-state index contributed by atoms with van der Waals surface area (Å²) in [5, 5.41) is 3.08. The lowest BCUT2D eigenvalue weighted by Crippen LogP contribution is -2.22. The van der Waals surface area contributed by atoms with Gasteiger partial charge in [-0.1, -0.05) is 19.4 Å². The van der Waals surface area contributed by atoms with Crippen molar-refractivity contribution in [2.45, 2.75) is 46.3 Å². The second-order valence-electron chi connectivity index (χ2n) is 6.19. The van der Waals surface area contributed by atoms with Gasteiger partial charge in [-0.05, 0) is 50.6 Å². The van der Waals surface area contributed by atoms with E-state index in [0.29, 0.717) is 25.0 Å². The van der Waals surface area contributed by atoms with Crippen molar-refractivity contribution in [3.63, 3.8) is 0 Å². The molecule has 0 amide bonds. The molecule has 0 unspecified atom stereocenters. The maximum atomic E-state index is 5.99. The fourth-order valence-corrected chi connectivity index (χ4v) is 2.23. The maximum Gasteiger partial charge on any atom is 0.218 e. The topological polar surface area (TPSA) is 81.8 Å². The number of nitrogens with one attached hydrogen (secondary N) is 1. The molecule has 0 saturated carbocycles. The normalized spacial score (nSPS) is 11.5. The van der Waals surface area contributed by atoms with Gasteiger partial charge >= 0.3 is 0 Å². The summed E-state index contributed by atoms with van der Waals surface area (Å²) >= 11 is 0. The van der Waals surface area contributed by atoms with E-state index >= 15 is 0 Å². The van der Waals surface area contributed by atoms with E-state index in [4.69, 9.17) is 15.2 Å². The highest BCUT2D eigenvalue weighted by Gasteiger charge is 2.05. The van der Waals surface area contributed by atoms with E-state index in [1.165, 1.54) is 0 Å². The molecule has 6 heteroatoms. The summed E-state index contributed by atoms with van der Waals surface area (Å²) < 4.78 is 11.3. The van der Waals surface area contributed by atoms with Crippen molar-refractivity contribution in [3.8, 4) is 11.6 Å². The molecule has 3 N–H and O–H groups in total. The monoisotopic (exact) mass is 356 g/mol. The highest BCUT2D eigenvalue weighted by atomic mass is 16.5. The fourth-order valence-electron chi connectivity index (χ4n) is 2.23. The number of aromatic nitrogens is 1. The van der Waals surface area contributed by atoms with E-state index in [9.17, 15) is 0 Å². The Kier molecular flexibility index (Phi) is 7.74. The van der Waals surface area contributed by atoms with E-state index in [2.05, 4.69) is 22.2 Å². The number of hydrogen-bond donors (Lipinski definition) is 2. The van der Waals surface area contributed by atoms with E-state index in [0.717, 1.165) is 29.8 Å². The van der Waals surface area contributed by atoms with Crippen LogP contribution in [-0.4, -0.2) is 23.7 Å². The van der Waals surface area contributed by atoms with E-state index < -0.39 is 0 Å². The van der Waals surface area contributed by atoms with Crippen LogP contribution in [0.3, 0.4) is 0 Å². The first-order chi connectivity index (χ1) is 12.6. The molecule has 2 rings (SSSR count). The van der Waals surface area contributed by atoms with Gasteiger partial charge in [0.05, 0.1) is 19.3 Å². The number of ether oxygens (including phenoxy) is 2. The van der Waals surface area contributed by atoms with Gasteiger partial charge in [-0.15, -0.1) is 0 Å². The molecule has 0 radical (unpaired) electrons. The van der Waals surface area contributed by atoms with Gasteiger partial charge in [-0.3, -0.25) is 0 Å². The van der Waals surface area contributed by atoms with Crippen LogP contribution in [0.1, 0.15) is 39.2 Å². The minimum Gasteiger partial charge on any atom is -0.491 e. The van der Waals surface area contributed by atoms with Gasteiger partial charge in [0.1, 0.15) is 5.75 Å². The standard InChI is InChI=1S/C20H28N4O2/c1-4-5-13-25-19-16(7-6-12-22-19)14-23-20(21)24-17-8-10-18(11-9-17)26-15(2)3/h6-12,15H,4-5,13-14H2,1-3H3,(H3,21,23,24). The number of unbranched alkanes of at least 4 members (excludes halogenated alkanes) is 1. The predicted octanol–water partition coefficient (Wildman–Crippen LogP) is 3.97. The van der Waals surface area contributed by atoms with Crippen LogP contribution >= 0.6 is 0 Å². The molecule has 6 nitrogen and oxygen atoms in total. The van der Waals surface area contributed by atoms with Gasteiger partial charge in [0, 0.05) is 17.4 Å². The van der Waals surface area contributed by atoms with E-state index in [1.54, 1.807) is 6.20 Å². The van der Waals surface area contributed by atoms with E-state index in [1.807, 2.05) is 50.2 Å². The fraction of sp³-hybridized carbons (Fsp3) is 0.400. The Morgan fingerprint density at radius 1 is 1.23 bits per heavy atom. The smallest absolute Gasteiger partial charge is 0.218 e. The van der Waals surface area contributed by atoms with Crippen molar-refractivity contribution in [2.75, 3.05) is 11.9 Å². The zero-order valence-electron chi connectivity index (χ0n) is 15.7. The average Bonchev–Trinajstić information content (AvgIpc) is 2.62. The minimum atomic E-state index is 0.147. The van der Waals surface area contributed by atoms with Crippen LogP contribution in [0.25, 0.3) is 0 Å². The maximum absolute atomic E-state index is 5.99. The molecular formula is C20H28N4O2. The SMILES string of the molecule is CCCCOc1ncccc1CN=C(N)Nc1ccc(OC(C)C)cc1. The average molecular weight is 356 g/mol. The summed E-state index contributed by atoms with van der Waals surface area (Å²) in [6.07, 6.45) is 3.95. The van der Waals surface area contributed by atoms with Crippen molar-refractivity contribution >= 4 is 11.6 Å². The third-order valence-electron chi connectivity index (χ3n) is 3.50. The molecule has 0 fully saturated rings. The molecule has 0 aliphatic heterocycles. The van der Waals surface area contributed by atoms with Gasteiger partial charge < -0.3 is 20.5 Å².